The molecule has 20 heavy (non-hydrogen) atoms. The van der Waals surface area contributed by atoms with Crippen LogP contribution < -0.4 is 5.32 Å². The molecule has 112 valence electrons. The molecule has 2 heteroatoms. The zero-order valence-corrected chi connectivity index (χ0v) is 13.6. The Hall–Kier alpha value is -0.530. The van der Waals surface area contributed by atoms with Gasteiger partial charge in [-0.3, -0.25) is 0 Å². The first-order chi connectivity index (χ1) is 9.66. The van der Waals surface area contributed by atoms with Crippen molar-refractivity contribution in [2.24, 2.45) is 5.92 Å². The van der Waals surface area contributed by atoms with E-state index in [-0.39, 0.29) is 0 Å². The average Bonchev–Trinajstić information content (AvgIpc) is 2.70. The maximum atomic E-state index is 6.04. The summed E-state index contributed by atoms with van der Waals surface area (Å²) in [5.41, 5.74) is 1.45. The van der Waals surface area contributed by atoms with Crippen LogP contribution in [-0.4, -0.2) is 12.6 Å². The number of hydrogen-bond acceptors (Lipinski definition) is 1. The molecule has 1 aromatic rings. The second-order valence-electron chi connectivity index (χ2n) is 6.47. The highest BCUT2D eigenvalue weighted by Gasteiger charge is 2.24. The van der Waals surface area contributed by atoms with Crippen molar-refractivity contribution in [3.63, 3.8) is 0 Å². The largest absolute Gasteiger partial charge is 0.314 e. The molecule has 1 fully saturated rings. The average molecular weight is 294 g/mol. The predicted octanol–water partition coefficient (Wildman–Crippen LogP) is 5.39. The molecule has 1 N–H and O–H groups in total. The maximum absolute atomic E-state index is 6.04. The van der Waals surface area contributed by atoms with Gasteiger partial charge in [-0.2, -0.15) is 0 Å². The summed E-state index contributed by atoms with van der Waals surface area (Å²) in [4.78, 5) is 0. The van der Waals surface area contributed by atoms with Crippen LogP contribution in [0.1, 0.15) is 63.9 Å². The molecule has 0 spiro atoms. The van der Waals surface area contributed by atoms with Crippen LogP contribution in [0, 0.1) is 5.92 Å². The fraction of sp³-hybridized carbons (Fsp3) is 0.667. The minimum Gasteiger partial charge on any atom is -0.314 e. The van der Waals surface area contributed by atoms with Gasteiger partial charge in [0.25, 0.3) is 0 Å². The Bertz CT molecular complexity index is 377. The lowest BCUT2D eigenvalue weighted by Crippen LogP contribution is -2.31. The molecule has 0 bridgehead atoms. The van der Waals surface area contributed by atoms with E-state index in [9.17, 15) is 0 Å². The van der Waals surface area contributed by atoms with Crippen molar-refractivity contribution in [1.82, 2.24) is 5.32 Å². The predicted molar refractivity (Wildman–Crippen MR) is 88.5 cm³/mol. The first kappa shape index (κ1) is 15.9. The summed E-state index contributed by atoms with van der Waals surface area (Å²) in [7, 11) is 0. The van der Waals surface area contributed by atoms with E-state index in [1.165, 1.54) is 44.1 Å². The Morgan fingerprint density at radius 3 is 2.20 bits per heavy atom. The molecule has 0 radical (unpaired) electrons. The molecule has 0 aromatic heterocycles. The first-order valence-electron chi connectivity index (χ1n) is 8.15. The van der Waals surface area contributed by atoms with Crippen LogP contribution in [0.5, 0.6) is 0 Å². The van der Waals surface area contributed by atoms with Gasteiger partial charge in [0, 0.05) is 17.6 Å². The molecule has 1 aliphatic rings. The van der Waals surface area contributed by atoms with Crippen LogP contribution in [0.25, 0.3) is 0 Å². The van der Waals surface area contributed by atoms with E-state index in [1.54, 1.807) is 0 Å². The van der Waals surface area contributed by atoms with Gasteiger partial charge in [-0.15, -0.1) is 0 Å². The van der Waals surface area contributed by atoms with Gasteiger partial charge in [0.1, 0.15) is 0 Å². The summed E-state index contributed by atoms with van der Waals surface area (Å²) >= 11 is 6.04. The van der Waals surface area contributed by atoms with Crippen LogP contribution in [-0.2, 0) is 0 Å². The van der Waals surface area contributed by atoms with Gasteiger partial charge in [0.05, 0.1) is 0 Å². The summed E-state index contributed by atoms with van der Waals surface area (Å²) in [6.45, 7) is 5.54. The molecule has 1 saturated carbocycles. The van der Waals surface area contributed by atoms with E-state index in [2.05, 4.69) is 31.3 Å². The summed E-state index contributed by atoms with van der Waals surface area (Å²) < 4.78 is 0. The molecule has 0 aliphatic heterocycles. The molecule has 2 rings (SSSR count). The van der Waals surface area contributed by atoms with Crippen LogP contribution in [0.15, 0.2) is 24.3 Å². The number of benzene rings is 1. The van der Waals surface area contributed by atoms with Gasteiger partial charge >= 0.3 is 0 Å². The monoisotopic (exact) mass is 293 g/mol. The molecule has 0 amide bonds. The van der Waals surface area contributed by atoms with E-state index in [4.69, 9.17) is 11.6 Å². The quantitative estimate of drug-likeness (QED) is 0.718. The zero-order chi connectivity index (χ0) is 14.4. The van der Waals surface area contributed by atoms with Crippen molar-refractivity contribution in [2.45, 2.75) is 64.3 Å². The number of rotatable bonds is 5. The third-order valence-corrected chi connectivity index (χ3v) is 4.77. The molecule has 1 atom stereocenters. The first-order valence-corrected chi connectivity index (χ1v) is 8.53. The fourth-order valence-electron chi connectivity index (χ4n) is 3.34. The minimum absolute atomic E-state index is 0.551. The van der Waals surface area contributed by atoms with Crippen LogP contribution in [0.4, 0.5) is 0 Å². The Morgan fingerprint density at radius 1 is 1.05 bits per heavy atom. The molecule has 0 heterocycles. The molecule has 0 saturated heterocycles. The van der Waals surface area contributed by atoms with Crippen molar-refractivity contribution in [3.8, 4) is 0 Å². The van der Waals surface area contributed by atoms with Crippen LogP contribution in [0.3, 0.4) is 0 Å². The van der Waals surface area contributed by atoms with Gasteiger partial charge in [-0.25, -0.2) is 0 Å². The summed E-state index contributed by atoms with van der Waals surface area (Å²) in [6.07, 6.45) is 8.40. The van der Waals surface area contributed by atoms with E-state index in [1.807, 2.05) is 12.1 Å². The smallest absolute Gasteiger partial charge is 0.0406 e. The lowest BCUT2D eigenvalue weighted by molar-refractivity contribution is 0.353. The highest BCUT2D eigenvalue weighted by atomic mass is 35.5. The van der Waals surface area contributed by atoms with Gasteiger partial charge in [0.2, 0.25) is 0 Å². The van der Waals surface area contributed by atoms with Crippen LogP contribution >= 0.6 is 11.6 Å². The zero-order valence-electron chi connectivity index (χ0n) is 12.9. The molecular formula is C18H28ClN. The Morgan fingerprint density at radius 2 is 1.65 bits per heavy atom. The van der Waals surface area contributed by atoms with Gasteiger partial charge in [-0.05, 0) is 42.4 Å². The molecule has 1 nitrogen and oxygen atoms in total. The second-order valence-corrected chi connectivity index (χ2v) is 6.91. The standard InChI is InChI=1S/C18H28ClN/c1-14(2)20-13-18(15-7-5-3-4-6-8-15)16-9-11-17(19)12-10-16/h9-12,14-15,18,20H,3-8,13H2,1-2H3. The number of hydrogen-bond donors (Lipinski definition) is 1. The van der Waals surface area contributed by atoms with Crippen molar-refractivity contribution in [2.75, 3.05) is 6.54 Å². The SMILES string of the molecule is CC(C)NCC(c1ccc(Cl)cc1)C1CCCCCC1. The van der Waals surface area contributed by atoms with Crippen LogP contribution in [0.2, 0.25) is 5.02 Å². The maximum Gasteiger partial charge on any atom is 0.0406 e. The third-order valence-electron chi connectivity index (χ3n) is 4.51. The highest BCUT2D eigenvalue weighted by molar-refractivity contribution is 6.30. The Balaban J connectivity index is 2.11. The Kier molecular flexibility index (Phi) is 6.38. The van der Waals surface area contributed by atoms with Crippen molar-refractivity contribution >= 4 is 11.6 Å². The second kappa shape index (κ2) is 8.05. The van der Waals surface area contributed by atoms with Crippen molar-refractivity contribution < 1.29 is 0 Å². The fourth-order valence-corrected chi connectivity index (χ4v) is 3.47. The highest BCUT2D eigenvalue weighted by Crippen LogP contribution is 2.35. The molecule has 1 unspecified atom stereocenters. The lowest BCUT2D eigenvalue weighted by Gasteiger charge is -2.28. The Labute approximate surface area is 129 Å². The summed E-state index contributed by atoms with van der Waals surface area (Å²) in [6, 6.07) is 9.07. The number of halogens is 1. The summed E-state index contributed by atoms with van der Waals surface area (Å²) in [5.74, 6) is 1.46. The molecule has 1 aromatic carbocycles. The van der Waals surface area contributed by atoms with Gasteiger partial charge in [0.15, 0.2) is 0 Å². The van der Waals surface area contributed by atoms with E-state index >= 15 is 0 Å². The van der Waals surface area contributed by atoms with Crippen molar-refractivity contribution in [1.29, 1.82) is 0 Å². The van der Waals surface area contributed by atoms with Gasteiger partial charge < -0.3 is 5.32 Å². The third kappa shape index (κ3) is 4.79. The number of nitrogens with one attached hydrogen (secondary N) is 1. The van der Waals surface area contributed by atoms with Crippen molar-refractivity contribution in [3.05, 3.63) is 34.9 Å². The molecule has 1 aliphatic carbocycles. The normalized spacial score (nSPS) is 19.0. The van der Waals surface area contributed by atoms with E-state index < -0.39 is 0 Å². The minimum atomic E-state index is 0.551. The van der Waals surface area contributed by atoms with Gasteiger partial charge in [-0.1, -0.05) is 63.3 Å². The molecular weight excluding hydrogens is 266 g/mol. The topological polar surface area (TPSA) is 12.0 Å². The van der Waals surface area contributed by atoms with E-state index in [0.717, 1.165) is 17.5 Å². The summed E-state index contributed by atoms with van der Waals surface area (Å²) in [5, 5.41) is 4.48. The van der Waals surface area contributed by atoms with E-state index in [0.29, 0.717) is 12.0 Å². The lowest BCUT2D eigenvalue weighted by atomic mass is 9.81.